The van der Waals surface area contributed by atoms with Gasteiger partial charge < -0.3 is 9.47 Å². The molecule has 1 aromatic carbocycles. The Labute approximate surface area is 83.0 Å². The Balaban J connectivity index is 2.49. The molecule has 0 unspecified atom stereocenters. The van der Waals surface area contributed by atoms with E-state index in [1.165, 1.54) is 6.26 Å². The fourth-order valence-corrected chi connectivity index (χ4v) is 1.02. The number of carbonyl (C=O) groups excluding carboxylic acids is 1. The van der Waals surface area contributed by atoms with Gasteiger partial charge in [-0.3, -0.25) is 4.79 Å². The lowest BCUT2D eigenvalue weighted by atomic mass is 10.1. The van der Waals surface area contributed by atoms with Gasteiger partial charge in [0.25, 0.3) is 6.47 Å². The van der Waals surface area contributed by atoms with E-state index < -0.39 is 0 Å². The fraction of sp³-hybridized carbons (Fsp3) is 0.182. The molecule has 0 radical (unpaired) electrons. The smallest absolute Gasteiger partial charge is 0.293 e. The van der Waals surface area contributed by atoms with Gasteiger partial charge in [-0.05, 0) is 11.1 Å². The van der Waals surface area contributed by atoms with E-state index in [1.807, 2.05) is 24.3 Å². The first-order chi connectivity index (χ1) is 6.86. The zero-order chi connectivity index (χ0) is 10.2. The summed E-state index contributed by atoms with van der Waals surface area (Å²) in [4.78, 5) is 9.93. The van der Waals surface area contributed by atoms with Crippen molar-refractivity contribution in [3.63, 3.8) is 0 Å². The third-order valence-electron chi connectivity index (χ3n) is 1.71. The third kappa shape index (κ3) is 3.31. The predicted octanol–water partition coefficient (Wildman–Crippen LogP) is 2.02. The zero-order valence-corrected chi connectivity index (χ0v) is 7.81. The number of ether oxygens (including phenoxy) is 2. The summed E-state index contributed by atoms with van der Waals surface area (Å²) in [5.41, 5.74) is 2.01. The molecule has 0 saturated heterocycles. The summed E-state index contributed by atoms with van der Waals surface area (Å²) in [5, 5.41) is 0. The number of carbonyl (C=O) groups is 1. The molecule has 14 heavy (non-hydrogen) atoms. The first-order valence-electron chi connectivity index (χ1n) is 4.22. The number of hydrogen-bond donors (Lipinski definition) is 0. The van der Waals surface area contributed by atoms with Gasteiger partial charge in [-0.15, -0.1) is 0 Å². The summed E-state index contributed by atoms with van der Waals surface area (Å²) < 4.78 is 9.63. The highest BCUT2D eigenvalue weighted by Gasteiger charge is 1.94. The molecule has 0 aliphatic heterocycles. The first-order valence-corrected chi connectivity index (χ1v) is 4.22. The second-order valence-electron chi connectivity index (χ2n) is 2.70. The molecule has 0 fully saturated rings. The highest BCUT2D eigenvalue weighted by molar-refractivity contribution is 5.37. The molecule has 0 bridgehead atoms. The van der Waals surface area contributed by atoms with Crippen LogP contribution >= 0.6 is 0 Å². The second-order valence-corrected chi connectivity index (χ2v) is 2.70. The van der Waals surface area contributed by atoms with Crippen molar-refractivity contribution in [1.29, 1.82) is 0 Å². The van der Waals surface area contributed by atoms with Gasteiger partial charge in [0.2, 0.25) is 0 Å². The van der Waals surface area contributed by atoms with E-state index in [1.54, 1.807) is 0 Å². The third-order valence-corrected chi connectivity index (χ3v) is 1.71. The van der Waals surface area contributed by atoms with E-state index in [0.717, 1.165) is 11.1 Å². The lowest BCUT2D eigenvalue weighted by Gasteiger charge is -2.02. The van der Waals surface area contributed by atoms with E-state index in [-0.39, 0.29) is 0 Å². The summed E-state index contributed by atoms with van der Waals surface area (Å²) in [6, 6.07) is 7.64. The van der Waals surface area contributed by atoms with Crippen molar-refractivity contribution in [2.45, 2.75) is 13.2 Å². The molecule has 0 N–H and O–H groups in total. The monoisotopic (exact) mass is 192 g/mol. The van der Waals surface area contributed by atoms with Crippen molar-refractivity contribution in [3.05, 3.63) is 48.2 Å². The minimum Gasteiger partial charge on any atom is -0.497 e. The maximum Gasteiger partial charge on any atom is 0.293 e. The largest absolute Gasteiger partial charge is 0.497 e. The van der Waals surface area contributed by atoms with E-state index in [0.29, 0.717) is 19.7 Å². The van der Waals surface area contributed by atoms with Crippen molar-refractivity contribution in [2.24, 2.45) is 0 Å². The Kier molecular flexibility index (Phi) is 4.27. The molecular formula is C11H12O3. The van der Waals surface area contributed by atoms with Crippen LogP contribution in [0.2, 0.25) is 0 Å². The highest BCUT2D eigenvalue weighted by Crippen LogP contribution is 2.06. The summed E-state index contributed by atoms with van der Waals surface area (Å²) in [6.07, 6.45) is 1.41. The zero-order valence-electron chi connectivity index (χ0n) is 7.81. The number of hydrogen-bond acceptors (Lipinski definition) is 3. The summed E-state index contributed by atoms with van der Waals surface area (Å²) in [6.45, 7) is 4.72. The van der Waals surface area contributed by atoms with Crippen molar-refractivity contribution in [1.82, 2.24) is 0 Å². The SMILES string of the molecule is C=COCc1ccc(COC=O)cc1. The summed E-state index contributed by atoms with van der Waals surface area (Å²) in [5.74, 6) is 0. The fourth-order valence-electron chi connectivity index (χ4n) is 1.02. The van der Waals surface area contributed by atoms with Gasteiger partial charge in [-0.25, -0.2) is 0 Å². The Morgan fingerprint density at radius 1 is 1.07 bits per heavy atom. The highest BCUT2D eigenvalue weighted by atomic mass is 16.5. The molecule has 3 heteroatoms. The van der Waals surface area contributed by atoms with E-state index in [9.17, 15) is 4.79 Å². The van der Waals surface area contributed by atoms with Crippen LogP contribution in [0.15, 0.2) is 37.1 Å². The minimum atomic E-state index is 0.312. The molecule has 0 atom stereocenters. The van der Waals surface area contributed by atoms with Gasteiger partial charge in [0.05, 0.1) is 6.26 Å². The van der Waals surface area contributed by atoms with Crippen molar-refractivity contribution in [2.75, 3.05) is 0 Å². The maximum atomic E-state index is 9.93. The molecule has 0 spiro atoms. The molecular weight excluding hydrogens is 180 g/mol. The van der Waals surface area contributed by atoms with Crippen molar-refractivity contribution in [3.8, 4) is 0 Å². The topological polar surface area (TPSA) is 35.5 Å². The molecule has 0 aliphatic rings. The predicted molar refractivity (Wildman–Crippen MR) is 52.3 cm³/mol. The molecule has 1 aromatic rings. The van der Waals surface area contributed by atoms with Gasteiger partial charge in [-0.1, -0.05) is 30.8 Å². The van der Waals surface area contributed by atoms with Crippen LogP contribution in [0.25, 0.3) is 0 Å². The molecule has 3 nitrogen and oxygen atoms in total. The molecule has 74 valence electrons. The van der Waals surface area contributed by atoms with Crippen molar-refractivity contribution >= 4 is 6.47 Å². The Bertz CT molecular complexity index is 259. The van der Waals surface area contributed by atoms with Crippen molar-refractivity contribution < 1.29 is 14.3 Å². The minimum absolute atomic E-state index is 0.312. The van der Waals surface area contributed by atoms with Crippen LogP contribution in [-0.4, -0.2) is 6.47 Å². The van der Waals surface area contributed by atoms with Gasteiger partial charge in [0, 0.05) is 0 Å². The van der Waals surface area contributed by atoms with Crippen LogP contribution in [0.1, 0.15) is 11.1 Å². The van der Waals surface area contributed by atoms with Gasteiger partial charge in [0.1, 0.15) is 13.2 Å². The van der Waals surface area contributed by atoms with Gasteiger partial charge in [0.15, 0.2) is 0 Å². The maximum absolute atomic E-state index is 9.93. The van der Waals surface area contributed by atoms with Crippen LogP contribution in [0, 0.1) is 0 Å². The van der Waals surface area contributed by atoms with Crippen LogP contribution in [0.3, 0.4) is 0 Å². The molecule has 0 saturated carbocycles. The van der Waals surface area contributed by atoms with Crippen LogP contribution in [-0.2, 0) is 27.5 Å². The first kappa shape index (κ1) is 10.3. The van der Waals surface area contributed by atoms with Crippen LogP contribution in [0.4, 0.5) is 0 Å². The van der Waals surface area contributed by atoms with Gasteiger partial charge in [-0.2, -0.15) is 0 Å². The normalized spacial score (nSPS) is 9.14. The molecule has 0 amide bonds. The average Bonchev–Trinajstić information content (AvgIpc) is 2.25. The Morgan fingerprint density at radius 3 is 2.00 bits per heavy atom. The lowest BCUT2D eigenvalue weighted by Crippen LogP contribution is -1.91. The molecule has 0 aromatic heterocycles. The number of rotatable bonds is 6. The van der Waals surface area contributed by atoms with E-state index >= 15 is 0 Å². The standard InChI is InChI=1S/C11H12O3/c1-2-13-7-10-3-5-11(6-4-10)8-14-9-12/h2-6,9H,1,7-8H2. The Hall–Kier alpha value is -1.77. The van der Waals surface area contributed by atoms with Crippen LogP contribution < -0.4 is 0 Å². The second kappa shape index (κ2) is 5.80. The van der Waals surface area contributed by atoms with Gasteiger partial charge >= 0.3 is 0 Å². The summed E-state index contributed by atoms with van der Waals surface area (Å²) >= 11 is 0. The summed E-state index contributed by atoms with van der Waals surface area (Å²) in [7, 11) is 0. The molecule has 0 heterocycles. The number of benzene rings is 1. The molecule has 1 rings (SSSR count). The van der Waals surface area contributed by atoms with E-state index in [2.05, 4.69) is 11.3 Å². The van der Waals surface area contributed by atoms with Crippen LogP contribution in [0.5, 0.6) is 0 Å². The lowest BCUT2D eigenvalue weighted by molar-refractivity contribution is -0.129. The van der Waals surface area contributed by atoms with E-state index in [4.69, 9.17) is 4.74 Å². The quantitative estimate of drug-likeness (QED) is 0.511. The Morgan fingerprint density at radius 2 is 1.57 bits per heavy atom. The molecule has 0 aliphatic carbocycles. The average molecular weight is 192 g/mol.